The van der Waals surface area contributed by atoms with E-state index in [0.29, 0.717) is 48.2 Å². The van der Waals surface area contributed by atoms with E-state index in [-0.39, 0.29) is 23.8 Å². The van der Waals surface area contributed by atoms with Gasteiger partial charge in [0.1, 0.15) is 12.1 Å². The minimum absolute atomic E-state index is 0.130. The van der Waals surface area contributed by atoms with E-state index >= 15 is 0 Å². The van der Waals surface area contributed by atoms with Crippen molar-refractivity contribution in [1.29, 1.82) is 0 Å². The van der Waals surface area contributed by atoms with Crippen molar-refractivity contribution in [2.45, 2.75) is 57.5 Å². The summed E-state index contributed by atoms with van der Waals surface area (Å²) in [5, 5.41) is 4.41. The van der Waals surface area contributed by atoms with Crippen molar-refractivity contribution in [3.05, 3.63) is 58.5 Å². The highest BCUT2D eigenvalue weighted by Gasteiger charge is 2.33. The summed E-state index contributed by atoms with van der Waals surface area (Å²) in [5.41, 5.74) is -2.50. The van der Waals surface area contributed by atoms with Gasteiger partial charge in [-0.3, -0.25) is 13.9 Å². The van der Waals surface area contributed by atoms with Crippen LogP contribution in [0.15, 0.2) is 51.8 Å². The molecule has 3 heterocycles. The fraction of sp³-hybridized carbons (Fsp3) is 0.423. The average Bonchev–Trinajstić information content (AvgIpc) is 3.37. The van der Waals surface area contributed by atoms with Crippen molar-refractivity contribution in [1.82, 2.24) is 14.3 Å². The summed E-state index contributed by atoms with van der Waals surface area (Å²) < 4.78 is 42.5. The smallest absolute Gasteiger partial charge is 0.329 e. The molecule has 1 aliphatic heterocycles. The van der Waals surface area contributed by atoms with E-state index in [1.54, 1.807) is 40.6 Å². The van der Waals surface area contributed by atoms with Gasteiger partial charge < -0.3 is 14.2 Å². The van der Waals surface area contributed by atoms with Crippen LogP contribution in [0.5, 0.6) is 0 Å². The number of imidazole rings is 1. The second-order valence-electron chi connectivity index (χ2n) is 10.3. The molecule has 5 rings (SSSR count). The molecule has 0 N–H and O–H groups in total. The number of halogens is 2. The number of ether oxygens (including phenoxy) is 1. The highest BCUT2D eigenvalue weighted by atomic mass is 31.0. The molecule has 0 bridgehead atoms. The molecule has 1 unspecified atom stereocenters. The fourth-order valence-electron chi connectivity index (χ4n) is 5.05. The third-order valence-corrected chi connectivity index (χ3v) is 6.86. The van der Waals surface area contributed by atoms with Crippen LogP contribution in [0.3, 0.4) is 0 Å². The maximum Gasteiger partial charge on any atom is 0.329 e. The van der Waals surface area contributed by atoms with E-state index in [1.807, 2.05) is 29.2 Å². The van der Waals surface area contributed by atoms with Gasteiger partial charge in [0.15, 0.2) is 11.4 Å². The standard InChI is InChI=1S/C26H29F2N4O4P/c1-25(2,3)35-21(33)15-31-18-8-4-5-9-19(18)32(24(31)34)16-11-13-30(14-12-16)23-22-17(26(27,28)37)7-6-10-20(22)36-29-23/h4-10,16H,11-15,37H2,1-3H3. The number of para-hydroxylation sites is 2. The Labute approximate surface area is 214 Å². The number of rotatable bonds is 5. The first kappa shape index (κ1) is 25.4. The summed E-state index contributed by atoms with van der Waals surface area (Å²) in [4.78, 5) is 28.0. The number of nitrogens with zero attached hydrogens (tertiary/aromatic N) is 4. The molecule has 37 heavy (non-hydrogen) atoms. The van der Waals surface area contributed by atoms with Crippen molar-refractivity contribution in [3.63, 3.8) is 0 Å². The maximum absolute atomic E-state index is 14.3. The third kappa shape index (κ3) is 4.87. The highest BCUT2D eigenvalue weighted by molar-refractivity contribution is 7.17. The number of hydrogen-bond acceptors (Lipinski definition) is 6. The molecule has 4 aromatic rings. The lowest BCUT2D eigenvalue weighted by Crippen LogP contribution is -2.38. The molecular formula is C26H29F2N4O4P. The van der Waals surface area contributed by atoms with Gasteiger partial charge in [0.2, 0.25) is 0 Å². The number of piperidine rings is 1. The number of esters is 1. The van der Waals surface area contributed by atoms with Gasteiger partial charge >= 0.3 is 11.7 Å². The molecule has 0 aliphatic carbocycles. The number of aromatic nitrogens is 3. The molecule has 1 aliphatic rings. The monoisotopic (exact) mass is 530 g/mol. The summed E-state index contributed by atoms with van der Waals surface area (Å²) in [7, 11) is 1.58. The SMILES string of the molecule is CC(C)(C)OC(=O)Cn1c(=O)n(C2CCN(c3noc4cccc(C(F)(F)P)c34)CC2)c2ccccc21. The van der Waals surface area contributed by atoms with Crippen molar-refractivity contribution < 1.29 is 22.8 Å². The zero-order valence-electron chi connectivity index (χ0n) is 20.9. The quantitative estimate of drug-likeness (QED) is 0.265. The van der Waals surface area contributed by atoms with Gasteiger partial charge in [0.25, 0.3) is 5.66 Å². The van der Waals surface area contributed by atoms with E-state index in [1.165, 1.54) is 16.7 Å². The molecule has 0 radical (unpaired) electrons. The largest absolute Gasteiger partial charge is 0.459 e. The second kappa shape index (κ2) is 9.24. The summed E-state index contributed by atoms with van der Waals surface area (Å²) in [6.45, 7) is 6.17. The normalized spacial score (nSPS) is 15.6. The molecule has 0 spiro atoms. The molecular weight excluding hydrogens is 501 g/mol. The Hall–Kier alpha value is -3.26. The van der Waals surface area contributed by atoms with Gasteiger partial charge in [0, 0.05) is 24.7 Å². The van der Waals surface area contributed by atoms with Crippen LogP contribution in [-0.4, -0.2) is 39.0 Å². The predicted octanol–water partition coefficient (Wildman–Crippen LogP) is 5.05. The van der Waals surface area contributed by atoms with Gasteiger partial charge in [0.05, 0.1) is 16.4 Å². The van der Waals surface area contributed by atoms with Gasteiger partial charge in [-0.25, -0.2) is 4.79 Å². The van der Waals surface area contributed by atoms with Crippen LogP contribution in [0, 0.1) is 0 Å². The minimum atomic E-state index is -3.12. The number of alkyl halides is 2. The van der Waals surface area contributed by atoms with E-state index in [2.05, 4.69) is 5.16 Å². The number of benzene rings is 2. The number of fused-ring (bicyclic) bond motifs is 2. The van der Waals surface area contributed by atoms with E-state index in [9.17, 15) is 18.4 Å². The zero-order chi connectivity index (χ0) is 26.5. The van der Waals surface area contributed by atoms with Crippen molar-refractivity contribution in [3.8, 4) is 0 Å². The van der Waals surface area contributed by atoms with Crippen molar-refractivity contribution in [2.75, 3.05) is 18.0 Å². The summed E-state index contributed by atoms with van der Waals surface area (Å²) in [6.07, 6.45) is 1.18. The number of hydrogen-bond donors (Lipinski definition) is 0. The first-order valence-electron chi connectivity index (χ1n) is 12.2. The number of carbonyl (C=O) groups excluding carboxylic acids is 1. The van der Waals surface area contributed by atoms with Crippen molar-refractivity contribution >= 4 is 43.0 Å². The van der Waals surface area contributed by atoms with Gasteiger partial charge in [-0.05, 0) is 51.8 Å². The average molecular weight is 531 g/mol. The maximum atomic E-state index is 14.3. The Morgan fingerprint density at radius 2 is 1.78 bits per heavy atom. The van der Waals surface area contributed by atoms with Crippen LogP contribution in [0.25, 0.3) is 22.0 Å². The Kier molecular flexibility index (Phi) is 6.34. The molecule has 11 heteroatoms. The molecule has 8 nitrogen and oxygen atoms in total. The van der Waals surface area contributed by atoms with Gasteiger partial charge in [-0.15, -0.1) is 0 Å². The summed E-state index contributed by atoms with van der Waals surface area (Å²) in [6, 6.07) is 11.8. The topological polar surface area (TPSA) is 82.5 Å². The lowest BCUT2D eigenvalue weighted by molar-refractivity contribution is -0.155. The second-order valence-corrected chi connectivity index (χ2v) is 11.1. The Bertz CT molecular complexity index is 1520. The molecule has 2 aromatic carbocycles. The first-order chi connectivity index (χ1) is 17.4. The van der Waals surface area contributed by atoms with Gasteiger partial charge in [-0.1, -0.05) is 38.7 Å². The summed E-state index contributed by atoms with van der Waals surface area (Å²) in [5.74, 6) is -0.0993. The molecule has 2 aromatic heterocycles. The molecule has 0 saturated carbocycles. The molecule has 1 atom stereocenters. The van der Waals surface area contributed by atoms with Crippen LogP contribution in [0.2, 0.25) is 0 Å². The first-order valence-corrected chi connectivity index (χ1v) is 12.7. The lowest BCUT2D eigenvalue weighted by Gasteiger charge is -2.32. The van der Waals surface area contributed by atoms with Crippen LogP contribution in [0.1, 0.15) is 45.2 Å². The van der Waals surface area contributed by atoms with Crippen LogP contribution >= 0.6 is 9.24 Å². The highest BCUT2D eigenvalue weighted by Crippen LogP contribution is 2.43. The van der Waals surface area contributed by atoms with Crippen LogP contribution in [0.4, 0.5) is 14.6 Å². The fourth-order valence-corrected chi connectivity index (χ4v) is 5.29. The molecule has 196 valence electrons. The van der Waals surface area contributed by atoms with Crippen molar-refractivity contribution in [2.24, 2.45) is 0 Å². The Morgan fingerprint density at radius 1 is 1.11 bits per heavy atom. The summed E-state index contributed by atoms with van der Waals surface area (Å²) >= 11 is 0. The molecule has 1 saturated heterocycles. The van der Waals surface area contributed by atoms with E-state index in [4.69, 9.17) is 9.26 Å². The molecule has 0 amide bonds. The predicted molar refractivity (Wildman–Crippen MR) is 140 cm³/mol. The Balaban J connectivity index is 1.43. The van der Waals surface area contributed by atoms with E-state index in [0.717, 1.165) is 5.52 Å². The van der Waals surface area contributed by atoms with Crippen LogP contribution < -0.4 is 10.6 Å². The van der Waals surface area contributed by atoms with Crippen LogP contribution in [-0.2, 0) is 21.7 Å². The van der Waals surface area contributed by atoms with Gasteiger partial charge in [-0.2, -0.15) is 8.78 Å². The zero-order valence-corrected chi connectivity index (χ0v) is 22.1. The Morgan fingerprint density at radius 3 is 2.43 bits per heavy atom. The molecule has 1 fully saturated rings. The number of carbonyl (C=O) groups is 1. The third-order valence-electron chi connectivity index (χ3n) is 6.54. The lowest BCUT2D eigenvalue weighted by atomic mass is 10.0. The minimum Gasteiger partial charge on any atom is -0.459 e. The van der Waals surface area contributed by atoms with E-state index < -0.39 is 17.2 Å². The number of anilines is 1.